The Bertz CT molecular complexity index is 419. The summed E-state index contributed by atoms with van der Waals surface area (Å²) in [7, 11) is 1.65. The van der Waals surface area contributed by atoms with E-state index >= 15 is 0 Å². The zero-order valence-corrected chi connectivity index (χ0v) is 14.5. The number of methoxy groups -OCH3 is 1. The molecule has 0 saturated heterocycles. The molecule has 0 spiro atoms. The van der Waals surface area contributed by atoms with Gasteiger partial charge in [0.2, 0.25) is 0 Å². The first-order valence-corrected chi connectivity index (χ1v) is 7.89. The summed E-state index contributed by atoms with van der Waals surface area (Å²) < 4.78 is 6.24. The molecule has 1 unspecified atom stereocenters. The minimum Gasteiger partial charge on any atom is -0.497 e. The van der Waals surface area contributed by atoms with Crippen molar-refractivity contribution >= 4 is 15.9 Å². The van der Waals surface area contributed by atoms with Crippen LogP contribution in [-0.4, -0.2) is 30.9 Å². The summed E-state index contributed by atoms with van der Waals surface area (Å²) in [4.78, 5) is 0. The van der Waals surface area contributed by atoms with Crippen LogP contribution >= 0.6 is 15.9 Å². The van der Waals surface area contributed by atoms with E-state index in [0.717, 1.165) is 35.3 Å². The summed E-state index contributed by atoms with van der Waals surface area (Å²) in [5.74, 6) is 1.45. The van der Waals surface area contributed by atoms with Crippen LogP contribution in [0.3, 0.4) is 0 Å². The van der Waals surface area contributed by atoms with Crippen molar-refractivity contribution in [3.8, 4) is 5.75 Å². The first kappa shape index (κ1) is 17.5. The van der Waals surface area contributed by atoms with E-state index in [1.807, 2.05) is 25.1 Å². The summed E-state index contributed by atoms with van der Waals surface area (Å²) in [6.07, 6.45) is 1.33. The monoisotopic (exact) mass is 343 g/mol. The van der Waals surface area contributed by atoms with Gasteiger partial charge in [-0.05, 0) is 56.1 Å². The minimum absolute atomic E-state index is 0.605. The SMILES string of the molecule is COc1ccc(Br)c(CC(C)(O)CCNCC(C)C)c1. The van der Waals surface area contributed by atoms with Crippen molar-refractivity contribution in [2.75, 3.05) is 20.2 Å². The summed E-state index contributed by atoms with van der Waals surface area (Å²) in [6.45, 7) is 8.05. The molecular formula is C16H26BrNO2. The van der Waals surface area contributed by atoms with E-state index < -0.39 is 5.60 Å². The van der Waals surface area contributed by atoms with Crippen LogP contribution in [0, 0.1) is 5.92 Å². The summed E-state index contributed by atoms with van der Waals surface area (Å²) >= 11 is 3.53. The lowest BCUT2D eigenvalue weighted by molar-refractivity contribution is 0.0512. The van der Waals surface area contributed by atoms with Gasteiger partial charge in [-0.1, -0.05) is 29.8 Å². The van der Waals surface area contributed by atoms with Crippen LogP contribution < -0.4 is 10.1 Å². The normalized spacial score (nSPS) is 14.3. The molecule has 0 bridgehead atoms. The fourth-order valence-corrected chi connectivity index (χ4v) is 2.45. The number of benzene rings is 1. The third-order valence-corrected chi connectivity index (χ3v) is 3.99. The zero-order valence-electron chi connectivity index (χ0n) is 12.9. The smallest absolute Gasteiger partial charge is 0.119 e. The highest BCUT2D eigenvalue weighted by Crippen LogP contribution is 2.27. The molecule has 20 heavy (non-hydrogen) atoms. The molecule has 114 valence electrons. The Morgan fingerprint density at radius 3 is 2.70 bits per heavy atom. The van der Waals surface area contributed by atoms with Crippen LogP contribution in [0.15, 0.2) is 22.7 Å². The maximum atomic E-state index is 10.5. The second-order valence-electron chi connectivity index (χ2n) is 5.98. The highest BCUT2D eigenvalue weighted by atomic mass is 79.9. The van der Waals surface area contributed by atoms with E-state index in [1.165, 1.54) is 0 Å². The molecule has 0 aromatic heterocycles. The summed E-state index contributed by atoms with van der Waals surface area (Å²) in [5.41, 5.74) is 0.344. The molecule has 0 fully saturated rings. The predicted molar refractivity (Wildman–Crippen MR) is 87.3 cm³/mol. The molecule has 1 aromatic carbocycles. The Kier molecular flexibility index (Phi) is 7.00. The topological polar surface area (TPSA) is 41.5 Å². The third kappa shape index (κ3) is 6.25. The van der Waals surface area contributed by atoms with Gasteiger partial charge in [0.05, 0.1) is 12.7 Å². The molecule has 4 heteroatoms. The summed E-state index contributed by atoms with van der Waals surface area (Å²) in [6, 6.07) is 5.84. The fraction of sp³-hybridized carbons (Fsp3) is 0.625. The van der Waals surface area contributed by atoms with Gasteiger partial charge in [0.1, 0.15) is 5.75 Å². The van der Waals surface area contributed by atoms with Gasteiger partial charge in [-0.2, -0.15) is 0 Å². The van der Waals surface area contributed by atoms with Gasteiger partial charge < -0.3 is 15.2 Å². The van der Waals surface area contributed by atoms with Crippen LogP contribution in [0.1, 0.15) is 32.8 Å². The van der Waals surface area contributed by atoms with E-state index in [1.54, 1.807) is 7.11 Å². The molecule has 3 nitrogen and oxygen atoms in total. The molecule has 0 aliphatic heterocycles. The summed E-state index contributed by atoms with van der Waals surface area (Å²) in [5, 5.41) is 13.9. The van der Waals surface area contributed by atoms with Crippen LogP contribution in [0.5, 0.6) is 5.75 Å². The van der Waals surface area contributed by atoms with Gasteiger partial charge in [-0.15, -0.1) is 0 Å². The molecule has 1 atom stereocenters. The fourth-order valence-electron chi connectivity index (χ4n) is 2.06. The average molecular weight is 344 g/mol. The van der Waals surface area contributed by atoms with Gasteiger partial charge >= 0.3 is 0 Å². The Morgan fingerprint density at radius 2 is 2.10 bits per heavy atom. The van der Waals surface area contributed by atoms with E-state index in [4.69, 9.17) is 4.74 Å². The predicted octanol–water partition coefficient (Wildman–Crippen LogP) is 3.39. The second kappa shape index (κ2) is 8.01. The molecular weight excluding hydrogens is 318 g/mol. The Hall–Kier alpha value is -0.580. The van der Waals surface area contributed by atoms with Crippen molar-refractivity contribution in [3.63, 3.8) is 0 Å². The molecule has 0 heterocycles. The van der Waals surface area contributed by atoms with Crippen molar-refractivity contribution in [2.24, 2.45) is 5.92 Å². The lowest BCUT2D eigenvalue weighted by atomic mass is 9.93. The maximum absolute atomic E-state index is 10.5. The lowest BCUT2D eigenvalue weighted by Gasteiger charge is -2.24. The molecule has 0 radical (unpaired) electrons. The molecule has 0 amide bonds. The quantitative estimate of drug-likeness (QED) is 0.711. The van der Waals surface area contributed by atoms with Crippen molar-refractivity contribution in [1.82, 2.24) is 5.32 Å². The van der Waals surface area contributed by atoms with Crippen molar-refractivity contribution in [2.45, 2.75) is 39.2 Å². The first-order valence-electron chi connectivity index (χ1n) is 7.09. The number of hydrogen-bond donors (Lipinski definition) is 2. The first-order chi connectivity index (χ1) is 9.34. The molecule has 1 aromatic rings. The number of rotatable bonds is 8. The van der Waals surface area contributed by atoms with Gasteiger partial charge in [0.25, 0.3) is 0 Å². The Balaban J connectivity index is 2.56. The minimum atomic E-state index is -0.723. The molecule has 0 aliphatic carbocycles. The number of ether oxygens (including phenoxy) is 1. The Labute approximate surface area is 130 Å². The number of nitrogens with one attached hydrogen (secondary N) is 1. The van der Waals surface area contributed by atoms with Crippen LogP contribution in [-0.2, 0) is 6.42 Å². The van der Waals surface area contributed by atoms with Crippen molar-refractivity contribution in [3.05, 3.63) is 28.2 Å². The second-order valence-corrected chi connectivity index (χ2v) is 6.83. The van der Waals surface area contributed by atoms with E-state index in [-0.39, 0.29) is 0 Å². The number of hydrogen-bond acceptors (Lipinski definition) is 3. The van der Waals surface area contributed by atoms with E-state index in [2.05, 4.69) is 35.1 Å². The van der Waals surface area contributed by atoms with Gasteiger partial charge in [0.15, 0.2) is 0 Å². The molecule has 0 aliphatic rings. The zero-order chi connectivity index (χ0) is 15.2. The maximum Gasteiger partial charge on any atom is 0.119 e. The Morgan fingerprint density at radius 1 is 1.40 bits per heavy atom. The van der Waals surface area contributed by atoms with Crippen molar-refractivity contribution in [1.29, 1.82) is 0 Å². The average Bonchev–Trinajstić information content (AvgIpc) is 2.37. The largest absolute Gasteiger partial charge is 0.497 e. The standard InChI is InChI=1S/C16H26BrNO2/c1-12(2)11-18-8-7-16(3,19)10-13-9-14(20-4)5-6-15(13)17/h5-6,9,12,18-19H,7-8,10-11H2,1-4H3. The highest BCUT2D eigenvalue weighted by molar-refractivity contribution is 9.10. The third-order valence-electron chi connectivity index (χ3n) is 3.22. The van der Waals surface area contributed by atoms with Crippen LogP contribution in [0.25, 0.3) is 0 Å². The number of halogens is 1. The van der Waals surface area contributed by atoms with E-state index in [9.17, 15) is 5.11 Å². The van der Waals surface area contributed by atoms with Crippen LogP contribution in [0.4, 0.5) is 0 Å². The van der Waals surface area contributed by atoms with Gasteiger partial charge in [0, 0.05) is 10.9 Å². The van der Waals surface area contributed by atoms with Crippen LogP contribution in [0.2, 0.25) is 0 Å². The molecule has 2 N–H and O–H groups in total. The lowest BCUT2D eigenvalue weighted by Crippen LogP contribution is -2.33. The highest BCUT2D eigenvalue weighted by Gasteiger charge is 2.22. The van der Waals surface area contributed by atoms with Crippen molar-refractivity contribution < 1.29 is 9.84 Å². The number of aliphatic hydroxyl groups is 1. The van der Waals surface area contributed by atoms with Gasteiger partial charge in [-0.25, -0.2) is 0 Å². The molecule has 1 rings (SSSR count). The van der Waals surface area contributed by atoms with E-state index in [0.29, 0.717) is 12.3 Å². The van der Waals surface area contributed by atoms with Gasteiger partial charge in [-0.3, -0.25) is 0 Å². The molecule has 0 saturated carbocycles.